The van der Waals surface area contributed by atoms with E-state index in [1.54, 1.807) is 104 Å². The van der Waals surface area contributed by atoms with Gasteiger partial charge in [-0.05, 0) is 129 Å². The number of nitrogens with one attached hydrogen (secondary N) is 1. The molecule has 2 aromatic rings. The Morgan fingerprint density at radius 1 is 0.862 bits per heavy atom. The van der Waals surface area contributed by atoms with Gasteiger partial charge in [0.25, 0.3) is 0 Å². The third kappa shape index (κ3) is 9.59. The first-order valence-electron chi connectivity index (χ1n) is 20.5. The third-order valence-electron chi connectivity index (χ3n) is 11.5. The number of aryl methyl sites for hydroxylation is 1. The predicted molar refractivity (Wildman–Crippen MR) is 217 cm³/mol. The van der Waals surface area contributed by atoms with E-state index in [0.29, 0.717) is 35.7 Å². The molecule has 5 fully saturated rings. The van der Waals surface area contributed by atoms with Crippen molar-refractivity contribution in [1.29, 1.82) is 0 Å². The van der Waals surface area contributed by atoms with Crippen molar-refractivity contribution in [2.45, 2.75) is 149 Å². The Morgan fingerprint density at radius 3 is 2.10 bits per heavy atom. The van der Waals surface area contributed by atoms with Crippen LogP contribution < -0.4 is 14.8 Å². The number of hydrogen-bond donors (Lipinski definition) is 1. The first-order valence-corrected chi connectivity index (χ1v) is 20.5. The van der Waals surface area contributed by atoms with Crippen LogP contribution in [0.15, 0.2) is 42.5 Å². The van der Waals surface area contributed by atoms with Crippen molar-refractivity contribution in [3.05, 3.63) is 59.2 Å². The van der Waals surface area contributed by atoms with Gasteiger partial charge in [-0.1, -0.05) is 50.2 Å². The fourth-order valence-electron chi connectivity index (χ4n) is 8.66. The number of amides is 2. The second-order valence-corrected chi connectivity index (χ2v) is 19.9. The Balaban J connectivity index is 1.24. The summed E-state index contributed by atoms with van der Waals surface area (Å²) < 4.78 is 42.4. The second kappa shape index (κ2) is 15.7. The van der Waals surface area contributed by atoms with Crippen LogP contribution in [-0.4, -0.2) is 83.8 Å². The highest BCUT2D eigenvalue weighted by Crippen LogP contribution is 2.65. The van der Waals surface area contributed by atoms with E-state index >= 15 is 0 Å². The molecule has 58 heavy (non-hydrogen) atoms. The quantitative estimate of drug-likeness (QED) is 0.108. The Hall–Kier alpha value is -4.30. The van der Waals surface area contributed by atoms with Gasteiger partial charge in [0.05, 0.1) is 24.8 Å². The number of rotatable bonds is 10. The van der Waals surface area contributed by atoms with Crippen LogP contribution in [0.25, 0.3) is 0 Å². The lowest BCUT2D eigenvalue weighted by molar-refractivity contribution is -0.199. The van der Waals surface area contributed by atoms with E-state index < -0.39 is 54.3 Å². The summed E-state index contributed by atoms with van der Waals surface area (Å²) in [5.74, 6) is -0.0128. The van der Waals surface area contributed by atoms with Gasteiger partial charge < -0.3 is 43.2 Å². The van der Waals surface area contributed by atoms with E-state index in [4.69, 9.17) is 33.0 Å². The van der Waals surface area contributed by atoms with Crippen molar-refractivity contribution in [1.82, 2.24) is 10.2 Å². The molecular weight excluding hydrogens is 743 g/mol. The Kier molecular flexibility index (Phi) is 11.7. The van der Waals surface area contributed by atoms with Crippen molar-refractivity contribution >= 4 is 31.2 Å². The van der Waals surface area contributed by atoms with E-state index in [-0.39, 0.29) is 53.2 Å². The molecule has 2 saturated heterocycles. The molecule has 316 valence electrons. The summed E-state index contributed by atoms with van der Waals surface area (Å²) in [6, 6.07) is 11.3. The number of likely N-dealkylation sites (tertiary alicyclic amines) is 1. The molecule has 2 amide bonds. The summed E-state index contributed by atoms with van der Waals surface area (Å²) in [6.45, 7) is 22.8. The second-order valence-electron chi connectivity index (χ2n) is 19.9. The normalized spacial score (nSPS) is 24.4. The Labute approximate surface area is 343 Å². The van der Waals surface area contributed by atoms with Gasteiger partial charge in [0, 0.05) is 0 Å². The highest BCUT2D eigenvalue weighted by molar-refractivity contribution is 6.45. The lowest BCUT2D eigenvalue weighted by atomic mass is 9.43. The van der Waals surface area contributed by atoms with Crippen molar-refractivity contribution in [2.24, 2.45) is 17.3 Å². The summed E-state index contributed by atoms with van der Waals surface area (Å²) in [7, 11) is -0.483. The van der Waals surface area contributed by atoms with Gasteiger partial charge in [0.15, 0.2) is 5.75 Å². The maximum Gasteiger partial charge on any atom is 0.514 e. The van der Waals surface area contributed by atoms with E-state index in [2.05, 4.69) is 26.1 Å². The largest absolute Gasteiger partial charge is 0.514 e. The maximum atomic E-state index is 14.1. The molecular formula is C44H61BN2O11. The van der Waals surface area contributed by atoms with Crippen molar-refractivity contribution in [3.8, 4) is 11.5 Å². The summed E-state index contributed by atoms with van der Waals surface area (Å²) >= 11 is 0. The van der Waals surface area contributed by atoms with Gasteiger partial charge in [0.2, 0.25) is 5.91 Å². The van der Waals surface area contributed by atoms with Crippen LogP contribution >= 0.6 is 0 Å². The van der Waals surface area contributed by atoms with E-state index in [1.165, 1.54) is 0 Å². The number of ether oxygens (including phenoxy) is 5. The molecule has 2 heterocycles. The van der Waals surface area contributed by atoms with Gasteiger partial charge in [-0.3, -0.25) is 4.79 Å². The summed E-state index contributed by atoms with van der Waals surface area (Å²) in [5, 5.41) is 2.72. The van der Waals surface area contributed by atoms with Crippen molar-refractivity contribution in [3.63, 3.8) is 0 Å². The van der Waals surface area contributed by atoms with Crippen molar-refractivity contribution in [2.75, 3.05) is 13.1 Å². The Morgan fingerprint density at radius 2 is 1.50 bits per heavy atom. The molecule has 0 unspecified atom stereocenters. The lowest BCUT2D eigenvalue weighted by Gasteiger charge is -2.64. The number of carbonyl (C=O) groups is 4. The molecule has 5 aliphatic rings. The number of alkyl carbamates (subject to hydrolysis) is 1. The molecule has 1 N–H and O–H groups in total. The van der Waals surface area contributed by atoms with Crippen LogP contribution in [0, 0.1) is 17.3 Å². The first kappa shape index (κ1) is 43.3. The zero-order valence-corrected chi connectivity index (χ0v) is 36.2. The van der Waals surface area contributed by atoms with Gasteiger partial charge in [0.1, 0.15) is 40.3 Å². The molecule has 3 aliphatic carbocycles. The zero-order valence-electron chi connectivity index (χ0n) is 36.2. The summed E-state index contributed by atoms with van der Waals surface area (Å²) in [5.41, 5.74) is -1.66. The number of esters is 1. The molecule has 3 saturated carbocycles. The molecule has 5 atom stereocenters. The fourth-order valence-corrected chi connectivity index (χ4v) is 8.66. The summed E-state index contributed by atoms with van der Waals surface area (Å²) in [6.07, 6.45) is 0.631. The van der Waals surface area contributed by atoms with Crippen LogP contribution in [-0.2, 0) is 34.7 Å². The topological polar surface area (TPSA) is 148 Å². The van der Waals surface area contributed by atoms with E-state index in [1.807, 2.05) is 6.07 Å². The van der Waals surface area contributed by atoms with Gasteiger partial charge in [-0.25, -0.2) is 14.4 Å². The standard InChI is InChI=1S/C44H61BN2O11/c1-40(2,3)54-37(49)33-30(52-29-24-47(25-29)36(48)34(26-16-14-13-15-17-26)46-38(50)55-41(4,5)6)19-18-27(35(33)53-39(51)56-42(7,8)9)20-21-45-57-32-23-28-22-31(43(28,10)11)44(32,12)58-45/h13-19,28-29,31-32,34H,20-25H2,1-12H3,(H,46,50)/t28-,31-,32+,34-,44-/m0/s1. The van der Waals surface area contributed by atoms with E-state index in [9.17, 15) is 19.2 Å². The monoisotopic (exact) mass is 804 g/mol. The highest BCUT2D eigenvalue weighted by atomic mass is 16.7. The molecule has 0 aromatic heterocycles. The minimum Gasteiger partial charge on any atom is -0.486 e. The van der Waals surface area contributed by atoms with Gasteiger partial charge in [-0.2, -0.15) is 0 Å². The van der Waals surface area contributed by atoms with Crippen LogP contribution in [0.4, 0.5) is 9.59 Å². The molecule has 0 spiro atoms. The van der Waals surface area contributed by atoms with Gasteiger partial charge in [-0.15, -0.1) is 0 Å². The molecule has 14 heteroatoms. The molecule has 2 aliphatic heterocycles. The highest BCUT2D eigenvalue weighted by Gasteiger charge is 2.67. The number of hydrogen-bond acceptors (Lipinski definition) is 11. The van der Waals surface area contributed by atoms with Crippen LogP contribution in [0.1, 0.15) is 123 Å². The lowest BCUT2D eigenvalue weighted by Crippen LogP contribution is -2.65. The van der Waals surface area contributed by atoms with Crippen LogP contribution in [0.5, 0.6) is 11.5 Å². The minimum absolute atomic E-state index is 0.00449. The number of carbonyl (C=O) groups excluding carboxylic acids is 4. The average Bonchev–Trinajstić information content (AvgIpc) is 3.41. The molecule has 7 rings (SSSR count). The van der Waals surface area contributed by atoms with E-state index in [0.717, 1.165) is 12.8 Å². The molecule has 2 aromatic carbocycles. The van der Waals surface area contributed by atoms with Crippen molar-refractivity contribution < 1.29 is 52.2 Å². The zero-order chi connectivity index (χ0) is 42.6. The maximum absolute atomic E-state index is 14.1. The minimum atomic E-state index is -1.00. The van der Waals surface area contributed by atoms with Crippen LogP contribution in [0.3, 0.4) is 0 Å². The molecule has 2 bridgehead atoms. The first-order chi connectivity index (χ1) is 26.8. The molecule has 0 radical (unpaired) electrons. The van der Waals surface area contributed by atoms with Gasteiger partial charge >= 0.3 is 25.3 Å². The average molecular weight is 805 g/mol. The third-order valence-corrected chi connectivity index (χ3v) is 11.5. The number of nitrogens with zero attached hydrogens (tertiary/aromatic N) is 1. The summed E-state index contributed by atoms with van der Waals surface area (Å²) in [4.78, 5) is 55.6. The predicted octanol–water partition coefficient (Wildman–Crippen LogP) is 8.08. The Bertz CT molecular complexity index is 1880. The molecule has 13 nitrogen and oxygen atoms in total. The fraction of sp³-hybridized carbons (Fsp3) is 0.636. The SMILES string of the molecule is CC(C)(C)OC(=O)N[C@H](C(=O)N1CC(Oc2ccc(CCB3O[C@@H]4C[C@@H]5C[C@@H](C5(C)C)[C@]4(C)O3)c(OC(=O)OC(C)(C)C)c2C(=O)OC(C)(C)C)C1)c1ccccc1. The van der Waals surface area contributed by atoms with Crippen LogP contribution in [0.2, 0.25) is 6.32 Å². The number of benzene rings is 2. The smallest absolute Gasteiger partial charge is 0.486 e.